The number of amides is 2. The van der Waals surface area contributed by atoms with Gasteiger partial charge in [0.05, 0.1) is 6.61 Å². The highest BCUT2D eigenvalue weighted by molar-refractivity contribution is 5.82. The first-order valence-electron chi connectivity index (χ1n) is 18.5. The quantitative estimate of drug-likeness (QED) is 0.0722. The van der Waals surface area contributed by atoms with Gasteiger partial charge in [-0.1, -0.05) is 134 Å². The van der Waals surface area contributed by atoms with Gasteiger partial charge in [-0.15, -0.1) is 0 Å². The lowest BCUT2D eigenvalue weighted by Crippen LogP contribution is -2.68. The molecule has 3 N–H and O–H groups in total. The summed E-state index contributed by atoms with van der Waals surface area (Å²) in [6, 6.07) is 8.16. The highest BCUT2D eigenvalue weighted by atomic mass is 16.7. The molecule has 1 fully saturated rings. The van der Waals surface area contributed by atoms with Crippen molar-refractivity contribution in [1.29, 1.82) is 0 Å². The standard InChI is InChI=1S/C38H62N2O9/c1-5-6-7-8-9-10-11-12-13-14-15-16-17-18-19-23-26-39-36(43)35-34(48-30(4)42)33(47-28(2)37(44)45)32(40-29(3)41)38(49-35)46-27-31-24-21-20-22-25-31/h20-22,24-25,28,32-35,38H,5-19,23,26-27H2,1-4H3,(H,39,43)(H,40,41)(H,44,45)/t28-,32+,33+,34-,35+,38-/m0/s1. The number of hydrogen-bond acceptors (Lipinski definition) is 8. The molecule has 0 unspecified atom stereocenters. The number of carboxylic acids is 1. The zero-order chi connectivity index (χ0) is 35.9. The van der Waals surface area contributed by atoms with Gasteiger partial charge in [-0.2, -0.15) is 0 Å². The van der Waals surface area contributed by atoms with E-state index in [0.717, 1.165) is 31.2 Å². The Hall–Kier alpha value is -3.02. The van der Waals surface area contributed by atoms with Crippen molar-refractivity contribution in [3.05, 3.63) is 35.9 Å². The topological polar surface area (TPSA) is 149 Å². The molecule has 1 aromatic carbocycles. The van der Waals surface area contributed by atoms with Crippen molar-refractivity contribution in [2.45, 2.75) is 174 Å². The Morgan fingerprint density at radius 3 is 1.82 bits per heavy atom. The molecule has 0 spiro atoms. The average molecular weight is 691 g/mol. The van der Waals surface area contributed by atoms with Crippen LogP contribution in [0.1, 0.15) is 136 Å². The van der Waals surface area contributed by atoms with Crippen LogP contribution in [0.4, 0.5) is 0 Å². The first-order chi connectivity index (χ1) is 23.6. The number of carbonyl (C=O) groups excluding carboxylic acids is 3. The third-order valence-electron chi connectivity index (χ3n) is 8.78. The van der Waals surface area contributed by atoms with Crippen LogP contribution in [0, 0.1) is 0 Å². The Morgan fingerprint density at radius 2 is 1.33 bits per heavy atom. The number of benzene rings is 1. The largest absolute Gasteiger partial charge is 0.479 e. The van der Waals surface area contributed by atoms with Gasteiger partial charge in [0.2, 0.25) is 5.91 Å². The first kappa shape index (κ1) is 42.1. The average Bonchev–Trinajstić information content (AvgIpc) is 3.06. The number of nitrogens with one attached hydrogen (secondary N) is 2. The molecule has 49 heavy (non-hydrogen) atoms. The van der Waals surface area contributed by atoms with E-state index in [4.69, 9.17) is 18.9 Å². The Kier molecular flexibility index (Phi) is 21.5. The summed E-state index contributed by atoms with van der Waals surface area (Å²) in [5.74, 6) is -2.99. The monoisotopic (exact) mass is 690 g/mol. The van der Waals surface area contributed by atoms with Crippen LogP contribution >= 0.6 is 0 Å². The van der Waals surface area contributed by atoms with E-state index in [1.807, 2.05) is 30.3 Å². The molecule has 2 rings (SSSR count). The molecule has 2 amide bonds. The molecule has 1 aliphatic heterocycles. The second-order valence-electron chi connectivity index (χ2n) is 13.2. The smallest absolute Gasteiger partial charge is 0.332 e. The minimum Gasteiger partial charge on any atom is -0.479 e. The molecule has 6 atom stereocenters. The van der Waals surface area contributed by atoms with E-state index in [-0.39, 0.29) is 6.61 Å². The molecular formula is C38H62N2O9. The van der Waals surface area contributed by atoms with E-state index in [0.29, 0.717) is 6.54 Å². The summed E-state index contributed by atoms with van der Waals surface area (Å²) >= 11 is 0. The van der Waals surface area contributed by atoms with Gasteiger partial charge in [0, 0.05) is 20.4 Å². The van der Waals surface area contributed by atoms with E-state index in [2.05, 4.69) is 17.6 Å². The third-order valence-corrected chi connectivity index (χ3v) is 8.78. The van der Waals surface area contributed by atoms with Gasteiger partial charge in [0.15, 0.2) is 24.6 Å². The molecular weight excluding hydrogens is 628 g/mol. The van der Waals surface area contributed by atoms with Crippen LogP contribution < -0.4 is 10.6 Å². The number of carboxylic acid groups (broad SMARTS) is 1. The zero-order valence-corrected chi connectivity index (χ0v) is 30.3. The van der Waals surface area contributed by atoms with Gasteiger partial charge >= 0.3 is 11.9 Å². The van der Waals surface area contributed by atoms with Gasteiger partial charge in [-0.05, 0) is 18.9 Å². The van der Waals surface area contributed by atoms with Crippen LogP contribution in [0.2, 0.25) is 0 Å². The van der Waals surface area contributed by atoms with Crippen molar-refractivity contribution in [3.8, 4) is 0 Å². The molecule has 0 aliphatic carbocycles. The molecule has 1 aliphatic rings. The number of unbranched alkanes of at least 4 members (excludes halogenated alkanes) is 15. The molecule has 0 saturated carbocycles. The van der Waals surface area contributed by atoms with Crippen LogP contribution in [0.15, 0.2) is 30.3 Å². The van der Waals surface area contributed by atoms with Crippen LogP contribution in [0.3, 0.4) is 0 Å². The summed E-state index contributed by atoms with van der Waals surface area (Å²) < 4.78 is 23.5. The lowest BCUT2D eigenvalue weighted by atomic mass is 9.94. The Labute approximate surface area is 293 Å². The van der Waals surface area contributed by atoms with Crippen molar-refractivity contribution in [1.82, 2.24) is 10.6 Å². The molecule has 11 nitrogen and oxygen atoms in total. The van der Waals surface area contributed by atoms with E-state index in [1.165, 1.54) is 97.8 Å². The fourth-order valence-electron chi connectivity index (χ4n) is 6.09. The van der Waals surface area contributed by atoms with Crippen molar-refractivity contribution < 1.29 is 43.2 Å². The second-order valence-corrected chi connectivity index (χ2v) is 13.2. The van der Waals surface area contributed by atoms with E-state index >= 15 is 0 Å². The molecule has 1 heterocycles. The van der Waals surface area contributed by atoms with Crippen LogP contribution in [-0.2, 0) is 44.7 Å². The van der Waals surface area contributed by atoms with Crippen molar-refractivity contribution >= 4 is 23.8 Å². The second kappa shape index (κ2) is 25.0. The summed E-state index contributed by atoms with van der Waals surface area (Å²) in [5, 5.41) is 15.2. The number of ether oxygens (including phenoxy) is 4. The SMILES string of the molecule is CCCCCCCCCCCCCCCCCCNC(=O)[C@@H]1O[C@H](OCc2ccccc2)[C@H](NC(C)=O)[C@@H](O[C@@H](C)C(=O)O)[C@@H]1OC(C)=O. The summed E-state index contributed by atoms with van der Waals surface area (Å²) in [5.41, 5.74) is 0.815. The molecule has 278 valence electrons. The third kappa shape index (κ3) is 17.5. The highest BCUT2D eigenvalue weighted by Crippen LogP contribution is 2.29. The summed E-state index contributed by atoms with van der Waals surface area (Å²) in [6.45, 7) is 6.50. The maximum Gasteiger partial charge on any atom is 0.332 e. The lowest BCUT2D eigenvalue weighted by molar-refractivity contribution is -0.277. The minimum atomic E-state index is -1.37. The van der Waals surface area contributed by atoms with Crippen molar-refractivity contribution in [2.24, 2.45) is 0 Å². The number of rotatable bonds is 26. The lowest BCUT2D eigenvalue weighted by Gasteiger charge is -2.45. The van der Waals surface area contributed by atoms with Gasteiger partial charge in [-0.25, -0.2) is 4.79 Å². The maximum absolute atomic E-state index is 13.5. The Morgan fingerprint density at radius 1 is 0.796 bits per heavy atom. The van der Waals surface area contributed by atoms with Crippen molar-refractivity contribution in [2.75, 3.05) is 6.54 Å². The molecule has 1 saturated heterocycles. The number of carbonyl (C=O) groups is 4. The summed E-state index contributed by atoms with van der Waals surface area (Å²) in [6.07, 6.45) is 13.4. The predicted octanol–water partition coefficient (Wildman–Crippen LogP) is 6.60. The van der Waals surface area contributed by atoms with Crippen LogP contribution in [0.25, 0.3) is 0 Å². The van der Waals surface area contributed by atoms with E-state index < -0.39 is 60.5 Å². The normalized spacial score (nSPS) is 21.1. The highest BCUT2D eigenvalue weighted by Gasteiger charge is 2.53. The Balaban J connectivity index is 1.89. The Bertz CT molecular complexity index is 1090. The van der Waals surface area contributed by atoms with Gasteiger partial charge in [-0.3, -0.25) is 14.4 Å². The molecule has 0 bridgehead atoms. The van der Waals surface area contributed by atoms with Crippen LogP contribution in [-0.4, -0.2) is 72.2 Å². The van der Waals surface area contributed by atoms with Gasteiger partial charge < -0.3 is 34.7 Å². The van der Waals surface area contributed by atoms with Gasteiger partial charge in [0.1, 0.15) is 12.1 Å². The van der Waals surface area contributed by atoms with Crippen molar-refractivity contribution in [3.63, 3.8) is 0 Å². The summed E-state index contributed by atoms with van der Waals surface area (Å²) in [7, 11) is 0. The predicted molar refractivity (Wildman–Crippen MR) is 188 cm³/mol. The summed E-state index contributed by atoms with van der Waals surface area (Å²) in [4.78, 5) is 49.7. The number of hydrogen-bond donors (Lipinski definition) is 3. The molecule has 11 heteroatoms. The fourth-order valence-corrected chi connectivity index (χ4v) is 6.09. The number of aliphatic carboxylic acids is 1. The fraction of sp³-hybridized carbons (Fsp3) is 0.737. The maximum atomic E-state index is 13.5. The van der Waals surface area contributed by atoms with E-state index in [1.54, 1.807) is 0 Å². The van der Waals surface area contributed by atoms with E-state index in [9.17, 15) is 24.3 Å². The first-order valence-corrected chi connectivity index (χ1v) is 18.5. The minimum absolute atomic E-state index is 0.0779. The van der Waals surface area contributed by atoms with Crippen LogP contribution in [0.5, 0.6) is 0 Å². The zero-order valence-electron chi connectivity index (χ0n) is 30.3. The van der Waals surface area contributed by atoms with Gasteiger partial charge in [0.25, 0.3) is 5.91 Å². The molecule has 0 aromatic heterocycles. The number of esters is 1. The molecule has 1 aromatic rings. The molecule has 0 radical (unpaired) electrons.